The Morgan fingerprint density at radius 2 is 1.94 bits per heavy atom. The first-order valence-corrected chi connectivity index (χ1v) is 7.74. The highest BCUT2D eigenvalue weighted by Gasteiger charge is 2.28. The summed E-state index contributed by atoms with van der Waals surface area (Å²) in [6.07, 6.45) is 7.37. The van der Waals surface area contributed by atoms with Crippen LogP contribution >= 0.6 is 23.1 Å². The molecule has 17 heavy (non-hydrogen) atoms. The normalized spacial score (nSPS) is 29.2. The standard InChI is InChI=1S/C12H18ClN3S/c13-10-5-1-8(2-6-10)7-14-12-15-11(16-17-12)9-3-4-9/h8-10H,1-7H2,(H,14,15,16). The van der Waals surface area contributed by atoms with Crippen molar-refractivity contribution in [3.63, 3.8) is 0 Å². The number of hydrogen-bond donors (Lipinski definition) is 1. The molecule has 1 aromatic rings. The highest BCUT2D eigenvalue weighted by Crippen LogP contribution is 2.39. The van der Waals surface area contributed by atoms with Crippen molar-refractivity contribution in [3.05, 3.63) is 5.82 Å². The van der Waals surface area contributed by atoms with Crippen LogP contribution in [0.1, 0.15) is 50.3 Å². The summed E-state index contributed by atoms with van der Waals surface area (Å²) >= 11 is 7.61. The minimum atomic E-state index is 0.411. The molecule has 0 amide bonds. The van der Waals surface area contributed by atoms with E-state index in [0.29, 0.717) is 11.3 Å². The SMILES string of the molecule is ClC1CCC(CNc2nc(C3CC3)ns2)CC1. The smallest absolute Gasteiger partial charge is 0.202 e. The second-order valence-electron chi connectivity index (χ2n) is 5.23. The number of nitrogens with zero attached hydrogens (tertiary/aromatic N) is 2. The van der Waals surface area contributed by atoms with Crippen LogP contribution in [-0.4, -0.2) is 21.3 Å². The van der Waals surface area contributed by atoms with Gasteiger partial charge in [-0.3, -0.25) is 0 Å². The maximum absolute atomic E-state index is 6.10. The number of alkyl halides is 1. The average Bonchev–Trinajstić information content (AvgIpc) is 3.09. The molecule has 94 valence electrons. The molecule has 0 bridgehead atoms. The van der Waals surface area contributed by atoms with Gasteiger partial charge in [0, 0.05) is 29.4 Å². The van der Waals surface area contributed by atoms with Crippen LogP contribution in [0.5, 0.6) is 0 Å². The molecule has 1 heterocycles. The zero-order chi connectivity index (χ0) is 11.7. The lowest BCUT2D eigenvalue weighted by Gasteiger charge is -2.24. The molecule has 0 unspecified atom stereocenters. The molecule has 0 radical (unpaired) electrons. The lowest BCUT2D eigenvalue weighted by atomic mass is 9.89. The molecule has 2 aliphatic carbocycles. The third kappa shape index (κ3) is 3.10. The summed E-state index contributed by atoms with van der Waals surface area (Å²) in [5.41, 5.74) is 0. The van der Waals surface area contributed by atoms with Crippen molar-refractivity contribution in [2.24, 2.45) is 5.92 Å². The van der Waals surface area contributed by atoms with Crippen molar-refractivity contribution in [1.82, 2.24) is 9.36 Å². The quantitative estimate of drug-likeness (QED) is 0.850. The van der Waals surface area contributed by atoms with E-state index in [1.54, 1.807) is 0 Å². The lowest BCUT2D eigenvalue weighted by molar-refractivity contribution is 0.378. The van der Waals surface area contributed by atoms with E-state index in [4.69, 9.17) is 11.6 Å². The first-order chi connectivity index (χ1) is 8.31. The van der Waals surface area contributed by atoms with Crippen LogP contribution in [0.15, 0.2) is 0 Å². The predicted molar refractivity (Wildman–Crippen MR) is 72.0 cm³/mol. The molecule has 0 aromatic carbocycles. The van der Waals surface area contributed by atoms with Crippen LogP contribution in [0.2, 0.25) is 0 Å². The Labute approximate surface area is 111 Å². The fourth-order valence-electron chi connectivity index (χ4n) is 2.37. The van der Waals surface area contributed by atoms with Crippen molar-refractivity contribution in [2.45, 2.75) is 49.8 Å². The van der Waals surface area contributed by atoms with Gasteiger partial charge in [0.05, 0.1) is 0 Å². The summed E-state index contributed by atoms with van der Waals surface area (Å²) in [7, 11) is 0. The third-order valence-corrected chi connectivity index (χ3v) is 4.83. The molecule has 2 fully saturated rings. The Morgan fingerprint density at radius 3 is 2.65 bits per heavy atom. The fraction of sp³-hybridized carbons (Fsp3) is 0.833. The summed E-state index contributed by atoms with van der Waals surface area (Å²) in [4.78, 5) is 4.54. The van der Waals surface area contributed by atoms with Gasteiger partial charge >= 0.3 is 0 Å². The van der Waals surface area contributed by atoms with Crippen molar-refractivity contribution >= 4 is 28.3 Å². The van der Waals surface area contributed by atoms with E-state index in [-0.39, 0.29) is 0 Å². The lowest BCUT2D eigenvalue weighted by Crippen LogP contribution is -2.21. The van der Waals surface area contributed by atoms with E-state index in [9.17, 15) is 0 Å². The first-order valence-electron chi connectivity index (χ1n) is 6.53. The van der Waals surface area contributed by atoms with Crippen LogP contribution in [-0.2, 0) is 0 Å². The second kappa shape index (κ2) is 5.11. The highest BCUT2D eigenvalue weighted by atomic mass is 35.5. The number of nitrogens with one attached hydrogen (secondary N) is 1. The molecule has 2 saturated carbocycles. The van der Waals surface area contributed by atoms with Gasteiger partial charge in [0.2, 0.25) is 5.13 Å². The van der Waals surface area contributed by atoms with Gasteiger partial charge < -0.3 is 5.32 Å². The van der Waals surface area contributed by atoms with Crippen molar-refractivity contribution < 1.29 is 0 Å². The Bertz CT molecular complexity index is 370. The molecule has 0 atom stereocenters. The molecule has 0 saturated heterocycles. The number of halogens is 1. The van der Waals surface area contributed by atoms with Gasteiger partial charge in [0.25, 0.3) is 0 Å². The van der Waals surface area contributed by atoms with Crippen LogP contribution in [0, 0.1) is 5.92 Å². The first kappa shape index (κ1) is 11.7. The number of aromatic nitrogens is 2. The molecule has 3 rings (SSSR count). The number of anilines is 1. The molecular weight excluding hydrogens is 254 g/mol. The van der Waals surface area contributed by atoms with Gasteiger partial charge in [-0.05, 0) is 44.4 Å². The van der Waals surface area contributed by atoms with E-state index in [1.165, 1.54) is 37.2 Å². The zero-order valence-electron chi connectivity index (χ0n) is 9.86. The zero-order valence-corrected chi connectivity index (χ0v) is 11.4. The predicted octanol–water partition coefficient (Wildman–Crippen LogP) is 3.63. The van der Waals surface area contributed by atoms with Gasteiger partial charge in [-0.25, -0.2) is 4.98 Å². The molecule has 1 aromatic heterocycles. The Balaban J connectivity index is 1.46. The van der Waals surface area contributed by atoms with E-state index >= 15 is 0 Å². The average molecular weight is 272 g/mol. The van der Waals surface area contributed by atoms with Crippen LogP contribution in [0.25, 0.3) is 0 Å². The number of hydrogen-bond acceptors (Lipinski definition) is 4. The van der Waals surface area contributed by atoms with Crippen molar-refractivity contribution in [1.29, 1.82) is 0 Å². The maximum atomic E-state index is 6.10. The maximum Gasteiger partial charge on any atom is 0.202 e. The minimum Gasteiger partial charge on any atom is -0.360 e. The monoisotopic (exact) mass is 271 g/mol. The second-order valence-corrected chi connectivity index (χ2v) is 6.60. The Hall–Kier alpha value is -0.350. The van der Waals surface area contributed by atoms with Gasteiger partial charge in [-0.2, -0.15) is 4.37 Å². The minimum absolute atomic E-state index is 0.411. The summed E-state index contributed by atoms with van der Waals surface area (Å²) in [5.74, 6) is 2.48. The molecule has 0 spiro atoms. The van der Waals surface area contributed by atoms with Crippen LogP contribution in [0.3, 0.4) is 0 Å². The molecule has 5 heteroatoms. The molecule has 3 nitrogen and oxygen atoms in total. The molecule has 1 N–H and O–H groups in total. The Kier molecular flexibility index (Phi) is 3.52. The van der Waals surface area contributed by atoms with E-state index in [1.807, 2.05) is 0 Å². The highest BCUT2D eigenvalue weighted by molar-refractivity contribution is 7.09. The summed E-state index contributed by atoms with van der Waals surface area (Å²) in [6, 6.07) is 0. The van der Waals surface area contributed by atoms with Gasteiger partial charge in [-0.15, -0.1) is 11.6 Å². The third-order valence-electron chi connectivity index (χ3n) is 3.70. The number of rotatable bonds is 4. The summed E-state index contributed by atoms with van der Waals surface area (Å²) in [5, 5.41) is 4.85. The van der Waals surface area contributed by atoms with Crippen LogP contribution in [0.4, 0.5) is 5.13 Å². The summed E-state index contributed by atoms with van der Waals surface area (Å²) < 4.78 is 4.40. The largest absolute Gasteiger partial charge is 0.360 e. The van der Waals surface area contributed by atoms with Gasteiger partial charge in [0.15, 0.2) is 0 Å². The van der Waals surface area contributed by atoms with E-state index in [2.05, 4.69) is 14.7 Å². The molecule has 0 aliphatic heterocycles. The van der Waals surface area contributed by atoms with Crippen LogP contribution < -0.4 is 5.32 Å². The fourth-order valence-corrected chi connectivity index (χ4v) is 3.28. The topological polar surface area (TPSA) is 37.8 Å². The summed E-state index contributed by atoms with van der Waals surface area (Å²) in [6.45, 7) is 1.03. The molecule has 2 aliphatic rings. The van der Waals surface area contributed by atoms with Gasteiger partial charge in [0.1, 0.15) is 5.82 Å². The van der Waals surface area contributed by atoms with E-state index < -0.39 is 0 Å². The van der Waals surface area contributed by atoms with Crippen molar-refractivity contribution in [3.8, 4) is 0 Å². The Morgan fingerprint density at radius 1 is 1.18 bits per heavy atom. The molecular formula is C12H18ClN3S. The van der Waals surface area contributed by atoms with E-state index in [0.717, 1.165) is 36.3 Å². The van der Waals surface area contributed by atoms with Gasteiger partial charge in [-0.1, -0.05) is 0 Å². The van der Waals surface area contributed by atoms with Crippen molar-refractivity contribution in [2.75, 3.05) is 11.9 Å².